The van der Waals surface area contributed by atoms with Crippen molar-refractivity contribution in [3.8, 4) is 5.75 Å². The molecule has 1 atom stereocenters. The van der Waals surface area contributed by atoms with Crippen molar-refractivity contribution in [3.05, 3.63) is 29.8 Å². The maximum atomic E-state index is 5.66. The first kappa shape index (κ1) is 13.0. The average Bonchev–Trinajstić information content (AvgIpc) is 2.28. The largest absolute Gasteiger partial charge is 0.494 e. The molecule has 16 heavy (non-hydrogen) atoms. The normalized spacial score (nSPS) is 12.4. The minimum Gasteiger partial charge on any atom is -0.494 e. The summed E-state index contributed by atoms with van der Waals surface area (Å²) in [5, 5.41) is 3.45. The minimum absolute atomic E-state index is 0.610. The van der Waals surface area contributed by atoms with Crippen molar-refractivity contribution in [1.29, 1.82) is 0 Å². The Hall–Kier alpha value is -1.02. The summed E-state index contributed by atoms with van der Waals surface area (Å²) in [5.74, 6) is 0.975. The van der Waals surface area contributed by atoms with Crippen LogP contribution in [0, 0.1) is 6.92 Å². The third-order valence-corrected chi connectivity index (χ3v) is 2.68. The monoisotopic (exact) mass is 221 g/mol. The average molecular weight is 221 g/mol. The van der Waals surface area contributed by atoms with Crippen LogP contribution in [0.15, 0.2) is 24.3 Å². The van der Waals surface area contributed by atoms with Gasteiger partial charge in [-0.05, 0) is 50.9 Å². The van der Waals surface area contributed by atoms with Crippen molar-refractivity contribution >= 4 is 0 Å². The summed E-state index contributed by atoms with van der Waals surface area (Å²) < 4.78 is 5.66. The van der Waals surface area contributed by atoms with E-state index in [4.69, 9.17) is 4.74 Å². The Kier molecular flexibility index (Phi) is 5.94. The Balaban J connectivity index is 2.12. The highest BCUT2D eigenvalue weighted by atomic mass is 16.5. The van der Waals surface area contributed by atoms with Crippen LogP contribution in [0.3, 0.4) is 0 Å². The predicted octanol–water partition coefficient (Wildman–Crippen LogP) is 3.15. The van der Waals surface area contributed by atoms with Gasteiger partial charge in [-0.2, -0.15) is 0 Å². The van der Waals surface area contributed by atoms with Crippen molar-refractivity contribution in [2.24, 2.45) is 0 Å². The first-order chi connectivity index (χ1) is 7.72. The Morgan fingerprint density at radius 2 is 2.19 bits per heavy atom. The summed E-state index contributed by atoms with van der Waals surface area (Å²) in [6.45, 7) is 8.30. The minimum atomic E-state index is 0.610. The van der Waals surface area contributed by atoms with Crippen molar-refractivity contribution in [3.63, 3.8) is 0 Å². The van der Waals surface area contributed by atoms with E-state index in [1.807, 2.05) is 12.1 Å². The van der Waals surface area contributed by atoms with Gasteiger partial charge in [-0.3, -0.25) is 0 Å². The predicted molar refractivity (Wildman–Crippen MR) is 69.0 cm³/mol. The molecular weight excluding hydrogens is 198 g/mol. The molecule has 0 saturated heterocycles. The van der Waals surface area contributed by atoms with Crippen LogP contribution in [-0.2, 0) is 0 Å². The number of nitrogens with one attached hydrogen (secondary N) is 1. The van der Waals surface area contributed by atoms with Gasteiger partial charge in [-0.15, -0.1) is 0 Å². The molecule has 1 aromatic carbocycles. The fourth-order valence-electron chi connectivity index (χ4n) is 1.46. The lowest BCUT2D eigenvalue weighted by molar-refractivity contribution is 0.305. The van der Waals surface area contributed by atoms with Crippen molar-refractivity contribution in [2.75, 3.05) is 13.2 Å². The van der Waals surface area contributed by atoms with Crippen LogP contribution in [0.2, 0.25) is 0 Å². The molecule has 0 bridgehead atoms. The summed E-state index contributed by atoms with van der Waals surface area (Å²) >= 11 is 0. The summed E-state index contributed by atoms with van der Waals surface area (Å²) in [6, 6.07) is 8.80. The molecule has 0 aliphatic heterocycles. The first-order valence-corrected chi connectivity index (χ1v) is 6.15. The van der Waals surface area contributed by atoms with Crippen LogP contribution in [0.25, 0.3) is 0 Å². The molecule has 0 radical (unpaired) electrons. The zero-order valence-electron chi connectivity index (χ0n) is 10.6. The van der Waals surface area contributed by atoms with E-state index in [1.54, 1.807) is 0 Å². The molecule has 0 fully saturated rings. The molecule has 0 saturated carbocycles. The van der Waals surface area contributed by atoms with Crippen LogP contribution in [0.4, 0.5) is 0 Å². The third-order valence-electron chi connectivity index (χ3n) is 2.68. The number of benzene rings is 1. The van der Waals surface area contributed by atoms with Gasteiger partial charge in [0.25, 0.3) is 0 Å². The van der Waals surface area contributed by atoms with Gasteiger partial charge in [0.2, 0.25) is 0 Å². The fourth-order valence-corrected chi connectivity index (χ4v) is 1.46. The zero-order valence-corrected chi connectivity index (χ0v) is 10.6. The van der Waals surface area contributed by atoms with Gasteiger partial charge in [0.05, 0.1) is 6.61 Å². The van der Waals surface area contributed by atoms with Gasteiger partial charge < -0.3 is 10.1 Å². The molecule has 0 heterocycles. The summed E-state index contributed by atoms with van der Waals surface area (Å²) in [7, 11) is 0. The molecular formula is C14H23NO. The molecule has 2 nitrogen and oxygen atoms in total. The molecule has 0 aromatic heterocycles. The zero-order chi connectivity index (χ0) is 11.8. The highest BCUT2D eigenvalue weighted by molar-refractivity contribution is 5.27. The number of hydrogen-bond acceptors (Lipinski definition) is 2. The second kappa shape index (κ2) is 7.29. The summed E-state index contributed by atoms with van der Waals surface area (Å²) in [6.07, 6.45) is 2.23. The molecule has 0 aliphatic rings. The second-order valence-electron chi connectivity index (χ2n) is 4.28. The van der Waals surface area contributed by atoms with Gasteiger partial charge in [0.15, 0.2) is 0 Å². The van der Waals surface area contributed by atoms with Crippen molar-refractivity contribution in [2.45, 2.75) is 39.7 Å². The second-order valence-corrected chi connectivity index (χ2v) is 4.28. The van der Waals surface area contributed by atoms with E-state index in [0.717, 1.165) is 25.3 Å². The maximum Gasteiger partial charge on any atom is 0.119 e. The molecule has 2 heteroatoms. The Morgan fingerprint density at radius 1 is 1.38 bits per heavy atom. The van der Waals surface area contributed by atoms with Crippen LogP contribution in [0.5, 0.6) is 5.75 Å². The van der Waals surface area contributed by atoms with Gasteiger partial charge >= 0.3 is 0 Å². The number of ether oxygens (including phenoxy) is 1. The van der Waals surface area contributed by atoms with Crippen LogP contribution >= 0.6 is 0 Å². The number of aryl methyl sites for hydroxylation is 1. The van der Waals surface area contributed by atoms with Crippen LogP contribution in [0.1, 0.15) is 32.3 Å². The van der Waals surface area contributed by atoms with Crippen LogP contribution < -0.4 is 10.1 Å². The van der Waals surface area contributed by atoms with Gasteiger partial charge in [0, 0.05) is 6.04 Å². The quantitative estimate of drug-likeness (QED) is 0.714. The Labute approximate surface area is 99.0 Å². The lowest BCUT2D eigenvalue weighted by Gasteiger charge is -2.11. The molecule has 0 amide bonds. The topological polar surface area (TPSA) is 21.3 Å². The van der Waals surface area contributed by atoms with E-state index in [2.05, 4.69) is 38.2 Å². The van der Waals surface area contributed by atoms with Gasteiger partial charge in [-0.1, -0.05) is 19.1 Å². The molecule has 1 N–H and O–H groups in total. The van der Waals surface area contributed by atoms with Gasteiger partial charge in [0.1, 0.15) is 5.75 Å². The fraction of sp³-hybridized carbons (Fsp3) is 0.571. The molecule has 0 aliphatic carbocycles. The number of rotatable bonds is 7. The summed E-state index contributed by atoms with van der Waals surface area (Å²) in [4.78, 5) is 0. The molecule has 90 valence electrons. The van der Waals surface area contributed by atoms with Crippen LogP contribution in [-0.4, -0.2) is 19.2 Å². The van der Waals surface area contributed by atoms with E-state index >= 15 is 0 Å². The van der Waals surface area contributed by atoms with Crippen molar-refractivity contribution in [1.82, 2.24) is 5.32 Å². The maximum absolute atomic E-state index is 5.66. The van der Waals surface area contributed by atoms with Crippen molar-refractivity contribution < 1.29 is 4.74 Å². The first-order valence-electron chi connectivity index (χ1n) is 6.15. The highest BCUT2D eigenvalue weighted by Crippen LogP contribution is 2.12. The smallest absolute Gasteiger partial charge is 0.119 e. The molecule has 1 aromatic rings. The van der Waals surface area contributed by atoms with E-state index in [1.165, 1.54) is 12.0 Å². The van der Waals surface area contributed by atoms with E-state index in [-0.39, 0.29) is 0 Å². The Morgan fingerprint density at radius 3 is 2.88 bits per heavy atom. The lowest BCUT2D eigenvalue weighted by Crippen LogP contribution is -2.27. The van der Waals surface area contributed by atoms with E-state index < -0.39 is 0 Å². The van der Waals surface area contributed by atoms with E-state index in [9.17, 15) is 0 Å². The molecule has 0 spiro atoms. The SMILES string of the molecule is CCC(C)NCCCOc1cccc(C)c1. The summed E-state index contributed by atoms with van der Waals surface area (Å²) in [5.41, 5.74) is 1.25. The highest BCUT2D eigenvalue weighted by Gasteiger charge is 1.97. The van der Waals surface area contributed by atoms with E-state index in [0.29, 0.717) is 6.04 Å². The Bertz CT molecular complexity index is 299. The van der Waals surface area contributed by atoms with Gasteiger partial charge in [-0.25, -0.2) is 0 Å². The molecule has 1 unspecified atom stereocenters. The third kappa shape index (κ3) is 5.17. The lowest BCUT2D eigenvalue weighted by atomic mass is 10.2. The molecule has 1 rings (SSSR count). The number of hydrogen-bond donors (Lipinski definition) is 1. The standard InChI is InChI=1S/C14H23NO/c1-4-13(3)15-9-6-10-16-14-8-5-7-12(2)11-14/h5,7-8,11,13,15H,4,6,9-10H2,1-3H3.